The highest BCUT2D eigenvalue weighted by Crippen LogP contribution is 2.21. The molecule has 2 aromatic carbocycles. The van der Waals surface area contributed by atoms with Crippen molar-refractivity contribution in [2.75, 3.05) is 5.73 Å². The molecular weight excluding hydrogens is 326 g/mol. The highest BCUT2D eigenvalue weighted by Gasteiger charge is 2.13. The second-order valence-electron chi connectivity index (χ2n) is 4.70. The summed E-state index contributed by atoms with van der Waals surface area (Å²) >= 11 is 0. The molecule has 0 saturated heterocycles. The van der Waals surface area contributed by atoms with Gasteiger partial charge in [-0.15, -0.1) is 0 Å². The summed E-state index contributed by atoms with van der Waals surface area (Å²) in [4.78, 5) is 0. The van der Waals surface area contributed by atoms with Crippen LogP contribution in [0.4, 0.5) is 5.69 Å². The van der Waals surface area contributed by atoms with E-state index in [0.29, 0.717) is 11.3 Å². The number of nitrogens with zero attached hydrogens (tertiary/aromatic N) is 2. The van der Waals surface area contributed by atoms with Crippen LogP contribution in [0, 0.1) is 11.3 Å². The second-order valence-corrected chi connectivity index (χ2v) is 4.70. The fourth-order valence-corrected chi connectivity index (χ4v) is 2.41. The Bertz CT molecular complexity index is 807. The maximum absolute atomic E-state index is 9.26. The van der Waals surface area contributed by atoms with Gasteiger partial charge in [0.2, 0.25) is 5.52 Å². The molecule has 0 spiro atoms. The zero-order chi connectivity index (χ0) is 13.9. The van der Waals surface area contributed by atoms with Crippen molar-refractivity contribution < 1.29 is 21.5 Å². The fourth-order valence-electron chi connectivity index (χ4n) is 2.41. The number of hydrogen-bond donors (Lipinski definition) is 1. The molecule has 2 N–H and O–H groups in total. The van der Waals surface area contributed by atoms with E-state index in [4.69, 9.17) is 5.73 Å². The van der Waals surface area contributed by atoms with Crippen LogP contribution in [0.2, 0.25) is 0 Å². The van der Waals surface area contributed by atoms with E-state index >= 15 is 0 Å². The van der Waals surface area contributed by atoms with Gasteiger partial charge >= 0.3 is 0 Å². The van der Waals surface area contributed by atoms with E-state index in [0.717, 1.165) is 17.4 Å². The minimum Gasteiger partial charge on any atom is -1.00 e. The van der Waals surface area contributed by atoms with Crippen LogP contribution in [0.25, 0.3) is 10.9 Å². The van der Waals surface area contributed by atoms with Crippen LogP contribution < -0.4 is 27.3 Å². The number of pyridine rings is 1. The summed E-state index contributed by atoms with van der Waals surface area (Å²) in [6, 6.07) is 20.1. The summed E-state index contributed by atoms with van der Waals surface area (Å²) in [7, 11) is 0. The van der Waals surface area contributed by atoms with Crippen molar-refractivity contribution in [1.82, 2.24) is 0 Å². The van der Waals surface area contributed by atoms with Gasteiger partial charge in [0.05, 0.1) is 16.6 Å². The monoisotopic (exact) mass is 339 g/mol. The molecule has 0 amide bonds. The quantitative estimate of drug-likeness (QED) is 0.511. The van der Waals surface area contributed by atoms with Crippen molar-refractivity contribution in [3.05, 3.63) is 71.9 Å². The highest BCUT2D eigenvalue weighted by molar-refractivity contribution is 5.87. The van der Waals surface area contributed by atoms with Crippen molar-refractivity contribution in [2.24, 2.45) is 0 Å². The number of benzene rings is 2. The van der Waals surface area contributed by atoms with Gasteiger partial charge < -0.3 is 22.7 Å². The molecular formula is C17H14BrN3. The molecule has 0 saturated carbocycles. The Morgan fingerprint density at radius 3 is 2.48 bits per heavy atom. The molecule has 1 aromatic heterocycles. The molecule has 0 bridgehead atoms. The van der Waals surface area contributed by atoms with E-state index in [-0.39, 0.29) is 17.0 Å². The number of anilines is 1. The summed E-state index contributed by atoms with van der Waals surface area (Å²) in [5, 5.41) is 10.2. The fraction of sp³-hybridized carbons (Fsp3) is 0.0588. The topological polar surface area (TPSA) is 53.7 Å². The Hall–Kier alpha value is -2.38. The standard InChI is InChI=1S/C17H14N3.BrH/c18-11-15-14-7-4-10-20(17(14)9-8-16(15)19)12-13-5-2-1-3-6-13;/h1-10H,12,19H2;1H/q+1;/p-1. The summed E-state index contributed by atoms with van der Waals surface area (Å²) in [5.74, 6) is 0. The molecule has 21 heavy (non-hydrogen) atoms. The molecule has 0 aliphatic heterocycles. The molecule has 3 nitrogen and oxygen atoms in total. The van der Waals surface area contributed by atoms with Gasteiger partial charge in [-0.3, -0.25) is 0 Å². The Balaban J connectivity index is 0.00000161. The van der Waals surface area contributed by atoms with E-state index in [1.807, 2.05) is 42.6 Å². The number of aromatic nitrogens is 1. The lowest BCUT2D eigenvalue weighted by Crippen LogP contribution is -3.00. The van der Waals surface area contributed by atoms with Crippen LogP contribution in [-0.4, -0.2) is 0 Å². The third-order valence-electron chi connectivity index (χ3n) is 3.40. The van der Waals surface area contributed by atoms with Gasteiger partial charge in [-0.1, -0.05) is 30.3 Å². The van der Waals surface area contributed by atoms with Crippen LogP contribution in [0.15, 0.2) is 60.8 Å². The predicted octanol–water partition coefficient (Wildman–Crippen LogP) is -0.367. The van der Waals surface area contributed by atoms with Gasteiger partial charge in [0.25, 0.3) is 0 Å². The molecule has 0 atom stereocenters. The third kappa shape index (κ3) is 2.88. The lowest BCUT2D eigenvalue weighted by atomic mass is 10.1. The van der Waals surface area contributed by atoms with Crippen LogP contribution in [-0.2, 0) is 6.54 Å². The van der Waals surface area contributed by atoms with Crippen molar-refractivity contribution in [3.63, 3.8) is 0 Å². The second kappa shape index (κ2) is 6.38. The Morgan fingerprint density at radius 2 is 1.76 bits per heavy atom. The number of halogens is 1. The lowest BCUT2D eigenvalue weighted by molar-refractivity contribution is -0.662. The molecule has 0 unspecified atom stereocenters. The van der Waals surface area contributed by atoms with Gasteiger partial charge in [0, 0.05) is 17.7 Å². The van der Waals surface area contributed by atoms with Crippen LogP contribution in [0.1, 0.15) is 11.1 Å². The number of nitrogens with two attached hydrogens (primary N) is 1. The summed E-state index contributed by atoms with van der Waals surface area (Å²) < 4.78 is 2.13. The normalized spacial score (nSPS) is 9.86. The molecule has 0 radical (unpaired) electrons. The van der Waals surface area contributed by atoms with Gasteiger partial charge in [-0.05, 0) is 12.1 Å². The van der Waals surface area contributed by atoms with E-state index in [2.05, 4.69) is 22.8 Å². The minimum absolute atomic E-state index is 0. The van der Waals surface area contributed by atoms with Gasteiger partial charge in [0.15, 0.2) is 12.7 Å². The molecule has 0 aliphatic carbocycles. The van der Waals surface area contributed by atoms with Crippen LogP contribution in [0.3, 0.4) is 0 Å². The summed E-state index contributed by atoms with van der Waals surface area (Å²) in [5.41, 5.74) is 9.18. The maximum Gasteiger partial charge on any atom is 0.214 e. The molecule has 4 heteroatoms. The first-order chi connectivity index (χ1) is 9.79. The number of rotatable bonds is 2. The van der Waals surface area contributed by atoms with E-state index in [1.165, 1.54) is 5.56 Å². The van der Waals surface area contributed by atoms with Crippen molar-refractivity contribution in [2.45, 2.75) is 6.54 Å². The molecule has 0 fully saturated rings. The average molecular weight is 340 g/mol. The maximum atomic E-state index is 9.26. The number of nitriles is 1. The molecule has 3 rings (SSSR count). The Morgan fingerprint density at radius 1 is 1.00 bits per heavy atom. The minimum atomic E-state index is 0. The Kier molecular flexibility index (Phi) is 4.56. The van der Waals surface area contributed by atoms with Gasteiger partial charge in [-0.2, -0.15) is 9.83 Å². The molecule has 1 heterocycles. The predicted molar refractivity (Wildman–Crippen MR) is 78.8 cm³/mol. The first kappa shape index (κ1) is 15.0. The van der Waals surface area contributed by atoms with E-state index in [1.54, 1.807) is 6.07 Å². The zero-order valence-electron chi connectivity index (χ0n) is 11.3. The van der Waals surface area contributed by atoms with Crippen molar-refractivity contribution >= 4 is 16.6 Å². The Labute approximate surface area is 134 Å². The average Bonchev–Trinajstić information content (AvgIpc) is 2.48. The molecule has 104 valence electrons. The van der Waals surface area contributed by atoms with E-state index in [9.17, 15) is 5.26 Å². The zero-order valence-corrected chi connectivity index (χ0v) is 12.9. The van der Waals surface area contributed by atoms with Crippen LogP contribution in [0.5, 0.6) is 0 Å². The van der Waals surface area contributed by atoms with E-state index < -0.39 is 0 Å². The van der Waals surface area contributed by atoms with Gasteiger partial charge in [0.1, 0.15) is 6.07 Å². The highest BCUT2D eigenvalue weighted by atomic mass is 79.9. The van der Waals surface area contributed by atoms with Crippen LogP contribution >= 0.6 is 0 Å². The first-order valence-corrected chi connectivity index (χ1v) is 6.44. The molecule has 0 aliphatic rings. The van der Waals surface area contributed by atoms with Crippen molar-refractivity contribution in [3.8, 4) is 6.07 Å². The summed E-state index contributed by atoms with van der Waals surface area (Å²) in [6.07, 6.45) is 2.02. The van der Waals surface area contributed by atoms with Gasteiger partial charge in [-0.25, -0.2) is 0 Å². The third-order valence-corrected chi connectivity index (χ3v) is 3.40. The summed E-state index contributed by atoms with van der Waals surface area (Å²) in [6.45, 7) is 0.771. The SMILES string of the molecule is N#Cc1c(N)ccc2c1ccc[n+]2Cc1ccccc1.[Br-]. The molecule has 3 aromatic rings. The lowest BCUT2D eigenvalue weighted by Gasteiger charge is -2.04. The smallest absolute Gasteiger partial charge is 0.214 e. The largest absolute Gasteiger partial charge is 1.00 e. The van der Waals surface area contributed by atoms with Crippen molar-refractivity contribution in [1.29, 1.82) is 5.26 Å². The number of fused-ring (bicyclic) bond motifs is 1. The number of hydrogen-bond acceptors (Lipinski definition) is 2. The number of nitrogen functional groups attached to an aromatic ring is 1. The first-order valence-electron chi connectivity index (χ1n) is 6.44.